The van der Waals surface area contributed by atoms with E-state index in [9.17, 15) is 4.79 Å². The van der Waals surface area contributed by atoms with Gasteiger partial charge < -0.3 is 9.80 Å². The van der Waals surface area contributed by atoms with Crippen molar-refractivity contribution in [2.45, 2.75) is 26.2 Å². The molecule has 0 spiro atoms. The fraction of sp³-hybridized carbons (Fsp3) is 0.474. The lowest BCUT2D eigenvalue weighted by Gasteiger charge is -2.30. The first-order chi connectivity index (χ1) is 12.1. The minimum atomic E-state index is -0.0969. The number of aromatic nitrogens is 3. The Kier molecular flexibility index (Phi) is 5.58. The summed E-state index contributed by atoms with van der Waals surface area (Å²) in [5.74, 6) is 1.54. The van der Waals surface area contributed by atoms with Gasteiger partial charge in [-0.05, 0) is 42.9 Å². The minimum absolute atomic E-state index is 0.0969. The molecule has 6 nitrogen and oxygen atoms in total. The second kappa shape index (κ2) is 8.05. The Bertz CT molecular complexity index is 681. The molecule has 132 valence electrons. The van der Waals surface area contributed by atoms with Crippen molar-refractivity contribution in [3.05, 3.63) is 48.2 Å². The maximum absolute atomic E-state index is 12.5. The van der Waals surface area contributed by atoms with Crippen LogP contribution < -0.4 is 4.90 Å². The molecule has 3 heterocycles. The predicted molar refractivity (Wildman–Crippen MR) is 97.5 cm³/mol. The first kappa shape index (κ1) is 17.3. The van der Waals surface area contributed by atoms with Crippen molar-refractivity contribution < 1.29 is 4.79 Å². The highest BCUT2D eigenvalue weighted by molar-refractivity contribution is 5.91. The SMILES string of the molecule is CC1CCN(c2cnc(C(=O)N(C)CCc3ccncc3)cn2)CC1. The van der Waals surface area contributed by atoms with E-state index in [2.05, 4.69) is 26.8 Å². The normalized spacial score (nSPS) is 15.2. The zero-order valence-electron chi connectivity index (χ0n) is 14.9. The van der Waals surface area contributed by atoms with Gasteiger partial charge >= 0.3 is 0 Å². The number of pyridine rings is 1. The van der Waals surface area contributed by atoms with Crippen LogP contribution in [0.3, 0.4) is 0 Å². The van der Waals surface area contributed by atoms with Gasteiger partial charge in [0.15, 0.2) is 0 Å². The maximum atomic E-state index is 12.5. The number of carbonyl (C=O) groups is 1. The van der Waals surface area contributed by atoms with Gasteiger partial charge in [0, 0.05) is 39.1 Å². The molecule has 1 aliphatic rings. The number of anilines is 1. The Morgan fingerprint density at radius 2 is 1.92 bits per heavy atom. The molecule has 0 unspecified atom stereocenters. The summed E-state index contributed by atoms with van der Waals surface area (Å²) >= 11 is 0. The fourth-order valence-electron chi connectivity index (χ4n) is 2.98. The fourth-order valence-corrected chi connectivity index (χ4v) is 2.98. The lowest BCUT2D eigenvalue weighted by Crippen LogP contribution is -2.34. The molecule has 1 aliphatic heterocycles. The van der Waals surface area contributed by atoms with E-state index in [1.165, 1.54) is 12.8 Å². The average molecular weight is 339 g/mol. The van der Waals surface area contributed by atoms with Gasteiger partial charge in [0.25, 0.3) is 5.91 Å². The van der Waals surface area contributed by atoms with Crippen molar-refractivity contribution in [1.82, 2.24) is 19.9 Å². The Hall–Kier alpha value is -2.50. The van der Waals surface area contributed by atoms with Crippen LogP contribution in [0.4, 0.5) is 5.82 Å². The van der Waals surface area contributed by atoms with Crippen LogP contribution in [0.5, 0.6) is 0 Å². The molecule has 0 bridgehead atoms. The lowest BCUT2D eigenvalue weighted by molar-refractivity contribution is 0.0790. The molecule has 0 radical (unpaired) electrons. The van der Waals surface area contributed by atoms with Gasteiger partial charge in [-0.15, -0.1) is 0 Å². The van der Waals surface area contributed by atoms with Crippen molar-refractivity contribution in [2.75, 3.05) is 31.6 Å². The number of hydrogen-bond donors (Lipinski definition) is 0. The molecular weight excluding hydrogens is 314 g/mol. The average Bonchev–Trinajstić information content (AvgIpc) is 2.67. The third-order valence-electron chi connectivity index (χ3n) is 4.80. The van der Waals surface area contributed by atoms with Crippen LogP contribution in [-0.4, -0.2) is 52.4 Å². The Labute approximate surface area is 148 Å². The van der Waals surface area contributed by atoms with E-state index in [4.69, 9.17) is 0 Å². The molecule has 25 heavy (non-hydrogen) atoms. The summed E-state index contributed by atoms with van der Waals surface area (Å²) < 4.78 is 0. The van der Waals surface area contributed by atoms with Gasteiger partial charge in [-0.25, -0.2) is 9.97 Å². The molecule has 0 saturated carbocycles. The number of piperidine rings is 1. The smallest absolute Gasteiger partial charge is 0.273 e. The summed E-state index contributed by atoms with van der Waals surface area (Å²) in [6.45, 7) is 4.94. The molecule has 2 aromatic rings. The second-order valence-electron chi connectivity index (χ2n) is 6.76. The molecule has 0 atom stereocenters. The zero-order valence-corrected chi connectivity index (χ0v) is 14.9. The summed E-state index contributed by atoms with van der Waals surface area (Å²) in [7, 11) is 1.80. The number of nitrogens with zero attached hydrogens (tertiary/aromatic N) is 5. The minimum Gasteiger partial charge on any atom is -0.355 e. The Morgan fingerprint density at radius 1 is 1.20 bits per heavy atom. The molecule has 2 aromatic heterocycles. The van der Waals surface area contributed by atoms with Crippen LogP contribution in [-0.2, 0) is 6.42 Å². The van der Waals surface area contributed by atoms with Crippen LogP contribution >= 0.6 is 0 Å². The first-order valence-electron chi connectivity index (χ1n) is 8.85. The summed E-state index contributed by atoms with van der Waals surface area (Å²) in [6.07, 6.45) is 10.0. The predicted octanol–water partition coefficient (Wildman–Crippen LogP) is 2.42. The molecule has 0 aliphatic carbocycles. The topological polar surface area (TPSA) is 62.2 Å². The monoisotopic (exact) mass is 339 g/mol. The Balaban J connectivity index is 1.56. The van der Waals surface area contributed by atoms with Gasteiger partial charge in [-0.1, -0.05) is 6.92 Å². The van der Waals surface area contributed by atoms with E-state index in [-0.39, 0.29) is 5.91 Å². The summed E-state index contributed by atoms with van der Waals surface area (Å²) in [5, 5.41) is 0. The number of carbonyl (C=O) groups excluding carboxylic acids is 1. The molecule has 1 amide bonds. The second-order valence-corrected chi connectivity index (χ2v) is 6.76. The van der Waals surface area contributed by atoms with Crippen molar-refractivity contribution in [1.29, 1.82) is 0 Å². The third-order valence-corrected chi connectivity index (χ3v) is 4.80. The van der Waals surface area contributed by atoms with Crippen LogP contribution in [0.2, 0.25) is 0 Å². The summed E-state index contributed by atoms with van der Waals surface area (Å²) in [5.41, 5.74) is 1.56. The standard InChI is InChI=1S/C19H25N5O/c1-15-5-11-24(12-6-15)18-14-21-17(13-22-18)19(25)23(2)10-7-16-3-8-20-9-4-16/h3-4,8-9,13-15H,5-7,10-12H2,1-2H3. The van der Waals surface area contributed by atoms with Gasteiger partial charge in [-0.2, -0.15) is 0 Å². The number of amides is 1. The lowest BCUT2D eigenvalue weighted by atomic mass is 9.99. The molecule has 1 fully saturated rings. The highest BCUT2D eigenvalue weighted by atomic mass is 16.2. The number of rotatable bonds is 5. The number of likely N-dealkylation sites (N-methyl/N-ethyl adjacent to an activating group) is 1. The molecule has 6 heteroatoms. The van der Waals surface area contributed by atoms with E-state index >= 15 is 0 Å². The molecule has 1 saturated heterocycles. The quantitative estimate of drug-likeness (QED) is 0.837. The molecule has 0 N–H and O–H groups in total. The van der Waals surface area contributed by atoms with Crippen LogP contribution in [0.1, 0.15) is 35.8 Å². The van der Waals surface area contributed by atoms with Gasteiger partial charge in [0.2, 0.25) is 0 Å². The van der Waals surface area contributed by atoms with Gasteiger partial charge in [-0.3, -0.25) is 9.78 Å². The van der Waals surface area contributed by atoms with E-state index in [0.717, 1.165) is 36.8 Å². The van der Waals surface area contributed by atoms with Crippen molar-refractivity contribution in [3.63, 3.8) is 0 Å². The van der Waals surface area contributed by atoms with E-state index in [1.807, 2.05) is 12.1 Å². The van der Waals surface area contributed by atoms with E-state index < -0.39 is 0 Å². The van der Waals surface area contributed by atoms with Crippen molar-refractivity contribution in [3.8, 4) is 0 Å². The van der Waals surface area contributed by atoms with Crippen LogP contribution in [0, 0.1) is 5.92 Å². The van der Waals surface area contributed by atoms with Crippen molar-refractivity contribution in [2.24, 2.45) is 5.92 Å². The Morgan fingerprint density at radius 3 is 2.56 bits per heavy atom. The van der Waals surface area contributed by atoms with Crippen LogP contribution in [0.25, 0.3) is 0 Å². The molecule has 3 rings (SSSR count). The van der Waals surface area contributed by atoms with Gasteiger partial charge in [0.1, 0.15) is 11.5 Å². The highest BCUT2D eigenvalue weighted by Crippen LogP contribution is 2.20. The number of hydrogen-bond acceptors (Lipinski definition) is 5. The zero-order chi connectivity index (χ0) is 17.6. The molecular formula is C19H25N5O. The highest BCUT2D eigenvalue weighted by Gasteiger charge is 2.18. The van der Waals surface area contributed by atoms with Gasteiger partial charge in [0.05, 0.1) is 12.4 Å². The summed E-state index contributed by atoms with van der Waals surface area (Å²) in [6, 6.07) is 3.93. The van der Waals surface area contributed by atoms with Crippen LogP contribution in [0.15, 0.2) is 36.9 Å². The molecule has 0 aromatic carbocycles. The van der Waals surface area contributed by atoms with E-state index in [0.29, 0.717) is 12.2 Å². The largest absolute Gasteiger partial charge is 0.355 e. The third kappa shape index (κ3) is 4.53. The first-order valence-corrected chi connectivity index (χ1v) is 8.85. The summed E-state index contributed by atoms with van der Waals surface area (Å²) in [4.78, 5) is 29.2. The van der Waals surface area contributed by atoms with E-state index in [1.54, 1.807) is 36.7 Å². The maximum Gasteiger partial charge on any atom is 0.273 e. The van der Waals surface area contributed by atoms with Crippen molar-refractivity contribution >= 4 is 11.7 Å².